The quantitative estimate of drug-likeness (QED) is 0.801. The summed E-state index contributed by atoms with van der Waals surface area (Å²) in [7, 11) is 0. The molecule has 18 heavy (non-hydrogen) atoms. The van der Waals surface area contributed by atoms with E-state index in [4.69, 9.17) is 0 Å². The first-order valence-electron chi connectivity index (χ1n) is 7.44. The van der Waals surface area contributed by atoms with E-state index in [1.807, 2.05) is 0 Å². The number of nitrogens with zero attached hydrogens (tertiary/aromatic N) is 2. The fraction of sp³-hybridized carbons (Fsp3) is 0.733. The zero-order valence-electron chi connectivity index (χ0n) is 11.9. The summed E-state index contributed by atoms with van der Waals surface area (Å²) in [5, 5.41) is 3.63. The van der Waals surface area contributed by atoms with Crippen molar-refractivity contribution in [2.75, 3.05) is 19.6 Å². The summed E-state index contributed by atoms with van der Waals surface area (Å²) in [5.41, 5.74) is 1.41. The van der Waals surface area contributed by atoms with Crippen LogP contribution in [0.4, 0.5) is 0 Å². The molecule has 1 unspecified atom stereocenters. The molecular weight excluding hydrogens is 222 g/mol. The number of aromatic nitrogens is 1. The Labute approximate surface area is 111 Å². The van der Waals surface area contributed by atoms with Crippen LogP contribution in [0, 0.1) is 0 Å². The van der Waals surface area contributed by atoms with Crippen LogP contribution >= 0.6 is 0 Å². The van der Waals surface area contributed by atoms with Gasteiger partial charge in [-0.05, 0) is 44.5 Å². The second-order valence-electron chi connectivity index (χ2n) is 5.25. The van der Waals surface area contributed by atoms with Gasteiger partial charge in [-0.25, -0.2) is 0 Å². The third-order valence-electron chi connectivity index (χ3n) is 3.98. The zero-order valence-corrected chi connectivity index (χ0v) is 11.9. The van der Waals surface area contributed by atoms with Crippen LogP contribution in [-0.2, 0) is 13.1 Å². The Hall–Kier alpha value is -0.800. The maximum Gasteiger partial charge on any atom is 0.0359 e. The van der Waals surface area contributed by atoms with Gasteiger partial charge in [0, 0.05) is 37.6 Å². The highest BCUT2D eigenvalue weighted by atomic mass is 15.2. The Balaban J connectivity index is 1.76. The molecule has 0 radical (unpaired) electrons. The van der Waals surface area contributed by atoms with E-state index in [2.05, 4.69) is 47.0 Å². The zero-order chi connectivity index (χ0) is 12.8. The molecule has 0 spiro atoms. The molecule has 1 atom stereocenters. The summed E-state index contributed by atoms with van der Waals surface area (Å²) >= 11 is 0. The van der Waals surface area contributed by atoms with Crippen molar-refractivity contribution in [3.05, 3.63) is 24.0 Å². The summed E-state index contributed by atoms with van der Waals surface area (Å²) in [5.74, 6) is 0. The number of hydrogen-bond acceptors (Lipinski definition) is 2. The Bertz CT molecular complexity index is 345. The first-order chi connectivity index (χ1) is 8.85. The van der Waals surface area contributed by atoms with Gasteiger partial charge in [0.05, 0.1) is 0 Å². The molecule has 2 heterocycles. The molecule has 0 amide bonds. The van der Waals surface area contributed by atoms with E-state index in [1.54, 1.807) is 0 Å². The smallest absolute Gasteiger partial charge is 0.0359 e. The van der Waals surface area contributed by atoms with Gasteiger partial charge in [-0.3, -0.25) is 4.90 Å². The highest BCUT2D eigenvalue weighted by molar-refractivity contribution is 5.06. The molecule has 1 aliphatic heterocycles. The molecule has 1 aromatic heterocycles. The Morgan fingerprint density at radius 3 is 3.06 bits per heavy atom. The lowest BCUT2D eigenvalue weighted by atomic mass is 10.2. The van der Waals surface area contributed by atoms with Gasteiger partial charge in [-0.1, -0.05) is 13.8 Å². The van der Waals surface area contributed by atoms with Crippen molar-refractivity contribution in [1.29, 1.82) is 0 Å². The molecule has 102 valence electrons. The van der Waals surface area contributed by atoms with E-state index in [0.29, 0.717) is 0 Å². The van der Waals surface area contributed by atoms with Crippen molar-refractivity contribution >= 4 is 0 Å². The predicted octanol–water partition coefficient (Wildman–Crippen LogP) is 2.47. The molecule has 2 rings (SSSR count). The molecule has 1 N–H and O–H groups in total. The van der Waals surface area contributed by atoms with Crippen molar-refractivity contribution in [2.45, 2.75) is 52.2 Å². The second kappa shape index (κ2) is 6.95. The van der Waals surface area contributed by atoms with Crippen LogP contribution in [0.5, 0.6) is 0 Å². The normalized spacial score (nSPS) is 20.7. The van der Waals surface area contributed by atoms with E-state index in [1.165, 1.54) is 38.0 Å². The summed E-state index contributed by atoms with van der Waals surface area (Å²) < 4.78 is 2.36. The van der Waals surface area contributed by atoms with Crippen LogP contribution in [0.2, 0.25) is 0 Å². The Morgan fingerprint density at radius 1 is 1.39 bits per heavy atom. The second-order valence-corrected chi connectivity index (χ2v) is 5.25. The van der Waals surface area contributed by atoms with Gasteiger partial charge in [0.25, 0.3) is 0 Å². The molecule has 1 aromatic rings. The summed E-state index contributed by atoms with van der Waals surface area (Å²) in [4.78, 5) is 2.60. The molecule has 0 bridgehead atoms. The predicted molar refractivity (Wildman–Crippen MR) is 76.7 cm³/mol. The molecule has 3 nitrogen and oxygen atoms in total. The first kappa shape index (κ1) is 13.6. The van der Waals surface area contributed by atoms with Gasteiger partial charge < -0.3 is 9.88 Å². The number of hydrogen-bond donors (Lipinski definition) is 1. The Morgan fingerprint density at radius 2 is 2.28 bits per heavy atom. The maximum atomic E-state index is 3.63. The van der Waals surface area contributed by atoms with Crippen LogP contribution in [0.1, 0.15) is 38.8 Å². The average molecular weight is 249 g/mol. The largest absolute Gasteiger partial charge is 0.350 e. The number of likely N-dealkylation sites (N-methyl/N-ethyl adjacent to an activating group) is 1. The molecule has 1 aliphatic rings. The lowest BCUT2D eigenvalue weighted by molar-refractivity contribution is 0.259. The van der Waals surface area contributed by atoms with Crippen LogP contribution in [0.3, 0.4) is 0 Å². The molecule has 1 fully saturated rings. The molecule has 3 heteroatoms. The number of likely N-dealkylation sites (tertiary alicyclic amines) is 1. The molecule has 0 aliphatic carbocycles. The summed E-state index contributed by atoms with van der Waals surface area (Å²) in [6.07, 6.45) is 6.12. The van der Waals surface area contributed by atoms with Crippen molar-refractivity contribution < 1.29 is 0 Å². The van der Waals surface area contributed by atoms with Crippen LogP contribution in [0.25, 0.3) is 0 Å². The average Bonchev–Trinajstić information content (AvgIpc) is 2.99. The summed E-state index contributed by atoms with van der Waals surface area (Å²) in [6, 6.07) is 5.14. The minimum Gasteiger partial charge on any atom is -0.350 e. The van der Waals surface area contributed by atoms with E-state index >= 15 is 0 Å². The monoisotopic (exact) mass is 249 g/mol. The van der Waals surface area contributed by atoms with Crippen molar-refractivity contribution in [1.82, 2.24) is 14.8 Å². The molecule has 0 aromatic carbocycles. The SMILES string of the molecule is CCCn1cccc1CNCC1CCCN1CC. The highest BCUT2D eigenvalue weighted by Gasteiger charge is 2.22. The van der Waals surface area contributed by atoms with Crippen LogP contribution in [0.15, 0.2) is 18.3 Å². The number of nitrogens with one attached hydrogen (secondary N) is 1. The van der Waals surface area contributed by atoms with E-state index in [0.717, 1.165) is 25.7 Å². The molecular formula is C15H27N3. The van der Waals surface area contributed by atoms with Crippen LogP contribution in [-0.4, -0.2) is 35.1 Å². The molecule has 0 saturated carbocycles. The van der Waals surface area contributed by atoms with Crippen molar-refractivity contribution in [3.63, 3.8) is 0 Å². The fourth-order valence-electron chi connectivity index (χ4n) is 2.98. The van der Waals surface area contributed by atoms with E-state index in [9.17, 15) is 0 Å². The van der Waals surface area contributed by atoms with Crippen LogP contribution < -0.4 is 5.32 Å². The van der Waals surface area contributed by atoms with Gasteiger partial charge in [0.1, 0.15) is 0 Å². The third kappa shape index (κ3) is 3.36. The Kier molecular flexibility index (Phi) is 5.26. The first-order valence-corrected chi connectivity index (χ1v) is 7.44. The van der Waals surface area contributed by atoms with E-state index in [-0.39, 0.29) is 0 Å². The van der Waals surface area contributed by atoms with Gasteiger partial charge in [-0.2, -0.15) is 0 Å². The highest BCUT2D eigenvalue weighted by Crippen LogP contribution is 2.15. The third-order valence-corrected chi connectivity index (χ3v) is 3.98. The standard InChI is InChI=1S/C15H27N3/c1-3-9-18-11-6-8-15(18)13-16-12-14-7-5-10-17(14)4-2/h6,8,11,14,16H,3-5,7,9-10,12-13H2,1-2H3. The molecule has 1 saturated heterocycles. The topological polar surface area (TPSA) is 20.2 Å². The van der Waals surface area contributed by atoms with Crippen molar-refractivity contribution in [3.8, 4) is 0 Å². The van der Waals surface area contributed by atoms with Gasteiger partial charge in [0.2, 0.25) is 0 Å². The van der Waals surface area contributed by atoms with Gasteiger partial charge >= 0.3 is 0 Å². The lowest BCUT2D eigenvalue weighted by Gasteiger charge is -2.23. The number of rotatable bonds is 7. The summed E-state index contributed by atoms with van der Waals surface area (Å²) in [6.45, 7) is 10.2. The van der Waals surface area contributed by atoms with E-state index < -0.39 is 0 Å². The maximum absolute atomic E-state index is 3.63. The minimum atomic E-state index is 0.754. The van der Waals surface area contributed by atoms with Crippen molar-refractivity contribution in [2.24, 2.45) is 0 Å². The minimum absolute atomic E-state index is 0.754. The fourth-order valence-corrected chi connectivity index (χ4v) is 2.98. The van der Waals surface area contributed by atoms with Gasteiger partial charge in [-0.15, -0.1) is 0 Å². The number of aryl methyl sites for hydroxylation is 1. The lowest BCUT2D eigenvalue weighted by Crippen LogP contribution is -2.37. The van der Waals surface area contributed by atoms with Gasteiger partial charge in [0.15, 0.2) is 0 Å².